The molecule has 7 heteroatoms. The van der Waals surface area contributed by atoms with E-state index < -0.39 is 18.8 Å². The Hall–Kier alpha value is -1.22. The molecule has 0 aliphatic carbocycles. The van der Waals surface area contributed by atoms with Crippen LogP contribution in [0.1, 0.15) is 5.56 Å². The molecular weight excluding hydrogens is 416 g/mol. The Morgan fingerprint density at radius 1 is 1.42 bits per heavy atom. The van der Waals surface area contributed by atoms with Crippen LogP contribution in [0.4, 0.5) is 13.2 Å². The molecule has 0 bridgehead atoms. The number of rotatable bonds is 5. The monoisotopic (exact) mass is 427 g/mol. The first kappa shape index (κ1) is 20.8. The van der Waals surface area contributed by atoms with Crippen LogP contribution in [0.15, 0.2) is 41.6 Å². The quantitative estimate of drug-likeness (QED) is 0.516. The topological polar surface area (TPSA) is 12.5 Å². The SMILES string of the molecule is C#CCOc1ccc(C2=[C-]C=C(Cl)C(=C)N2CC(F)F)c(F)c1.[Y]. The Morgan fingerprint density at radius 3 is 2.71 bits per heavy atom. The molecular formula is C17H12ClF3NOY-. The van der Waals surface area contributed by atoms with Crippen molar-refractivity contribution in [1.82, 2.24) is 4.90 Å². The Balaban J connectivity index is 0.00000288. The number of terminal acetylenes is 1. The van der Waals surface area contributed by atoms with Crippen molar-refractivity contribution in [3.63, 3.8) is 0 Å². The number of allylic oxidation sites excluding steroid dienone is 3. The summed E-state index contributed by atoms with van der Waals surface area (Å²) in [5.74, 6) is 1.86. The van der Waals surface area contributed by atoms with Gasteiger partial charge in [-0.3, -0.25) is 0 Å². The largest absolute Gasteiger partial charge is 0.481 e. The zero-order valence-electron chi connectivity index (χ0n) is 12.5. The zero-order valence-corrected chi connectivity index (χ0v) is 16.1. The first-order valence-electron chi connectivity index (χ1n) is 6.54. The third-order valence-electron chi connectivity index (χ3n) is 3.05. The standard InChI is InChI=1S/C17H12ClF3NO.Y/c1-3-8-23-12-4-5-13(15(19)9-12)16-7-6-14(18)11(2)22(16)10-17(20)21;/h1,4-6,9,17H,2,8,10H2;/q-1;. The molecule has 0 spiro atoms. The van der Waals surface area contributed by atoms with E-state index in [1.165, 1.54) is 18.2 Å². The number of alkyl halides is 2. The molecule has 0 atom stereocenters. The fraction of sp³-hybridized carbons (Fsp3) is 0.176. The van der Waals surface area contributed by atoms with Crippen LogP contribution in [0.5, 0.6) is 5.75 Å². The predicted octanol–water partition coefficient (Wildman–Crippen LogP) is 4.20. The summed E-state index contributed by atoms with van der Waals surface area (Å²) in [6.45, 7) is 2.99. The fourth-order valence-corrected chi connectivity index (χ4v) is 2.18. The van der Waals surface area contributed by atoms with Crippen LogP contribution in [0.3, 0.4) is 0 Å². The average Bonchev–Trinajstić information content (AvgIpc) is 2.50. The van der Waals surface area contributed by atoms with Gasteiger partial charge in [0.05, 0.1) is 12.4 Å². The average molecular weight is 428 g/mol. The zero-order chi connectivity index (χ0) is 17.0. The third-order valence-corrected chi connectivity index (χ3v) is 3.37. The van der Waals surface area contributed by atoms with Gasteiger partial charge in [-0.1, -0.05) is 23.8 Å². The number of halogens is 4. The van der Waals surface area contributed by atoms with E-state index in [0.29, 0.717) is 0 Å². The van der Waals surface area contributed by atoms with Gasteiger partial charge < -0.3 is 9.64 Å². The van der Waals surface area contributed by atoms with Crippen LogP contribution in [-0.2, 0) is 32.7 Å². The molecule has 0 N–H and O–H groups in total. The van der Waals surface area contributed by atoms with Crippen LogP contribution < -0.4 is 4.74 Å². The van der Waals surface area contributed by atoms with Crippen LogP contribution in [0.2, 0.25) is 0 Å². The van der Waals surface area contributed by atoms with E-state index in [-0.39, 0.29) is 67.1 Å². The summed E-state index contributed by atoms with van der Waals surface area (Å²) in [5.41, 5.74) is 0.369. The predicted molar refractivity (Wildman–Crippen MR) is 83.2 cm³/mol. The number of ether oxygens (including phenoxy) is 1. The molecule has 0 amide bonds. The van der Waals surface area contributed by atoms with Crippen molar-refractivity contribution in [1.29, 1.82) is 0 Å². The van der Waals surface area contributed by atoms with Gasteiger partial charge >= 0.3 is 0 Å². The Kier molecular flexibility index (Phi) is 8.08. The number of hydrogen-bond acceptors (Lipinski definition) is 2. The maximum Gasteiger partial charge on any atom is 0.256 e. The minimum atomic E-state index is -2.65. The van der Waals surface area contributed by atoms with Crippen LogP contribution in [0, 0.1) is 24.2 Å². The molecule has 0 saturated heterocycles. The third kappa shape index (κ3) is 4.89. The van der Waals surface area contributed by atoms with E-state index in [1.807, 2.05) is 0 Å². The molecule has 1 aromatic rings. The van der Waals surface area contributed by atoms with Crippen molar-refractivity contribution in [2.45, 2.75) is 6.43 Å². The molecule has 1 aromatic carbocycles. The van der Waals surface area contributed by atoms with Crippen LogP contribution >= 0.6 is 11.6 Å². The summed E-state index contributed by atoms with van der Waals surface area (Å²) in [6, 6.07) is 4.03. The molecule has 2 nitrogen and oxygen atoms in total. The molecule has 1 radical (unpaired) electrons. The molecule has 0 unspecified atom stereocenters. The molecule has 123 valence electrons. The van der Waals surface area contributed by atoms with Gasteiger partial charge in [0.2, 0.25) is 0 Å². The summed E-state index contributed by atoms with van der Waals surface area (Å²) in [4.78, 5) is 1.13. The minimum absolute atomic E-state index is 0. The minimum Gasteiger partial charge on any atom is -0.481 e. The normalized spacial score (nSPS) is 13.8. The van der Waals surface area contributed by atoms with E-state index in [0.717, 1.165) is 11.0 Å². The molecule has 0 saturated carbocycles. The van der Waals surface area contributed by atoms with Gasteiger partial charge in [0.1, 0.15) is 12.4 Å². The van der Waals surface area contributed by atoms with Crippen LogP contribution in [0.25, 0.3) is 5.70 Å². The van der Waals surface area contributed by atoms with Gasteiger partial charge in [-0.15, -0.1) is 12.5 Å². The van der Waals surface area contributed by atoms with E-state index in [1.54, 1.807) is 0 Å². The van der Waals surface area contributed by atoms with E-state index in [9.17, 15) is 13.2 Å². The van der Waals surface area contributed by atoms with Crippen molar-refractivity contribution in [2.75, 3.05) is 13.2 Å². The van der Waals surface area contributed by atoms with Crippen molar-refractivity contribution in [3.8, 4) is 18.1 Å². The van der Waals surface area contributed by atoms with Crippen molar-refractivity contribution in [2.24, 2.45) is 0 Å². The number of nitrogens with zero attached hydrogens (tertiary/aromatic N) is 1. The van der Waals surface area contributed by atoms with Crippen molar-refractivity contribution < 1.29 is 50.6 Å². The van der Waals surface area contributed by atoms with Gasteiger partial charge in [0.25, 0.3) is 6.43 Å². The van der Waals surface area contributed by atoms with Gasteiger partial charge in [0, 0.05) is 38.8 Å². The van der Waals surface area contributed by atoms with Crippen molar-refractivity contribution >= 4 is 17.3 Å². The maximum atomic E-state index is 14.3. The smallest absolute Gasteiger partial charge is 0.256 e. The van der Waals surface area contributed by atoms with E-state index in [4.69, 9.17) is 22.8 Å². The molecule has 24 heavy (non-hydrogen) atoms. The summed E-state index contributed by atoms with van der Waals surface area (Å²) in [5, 5.41) is 0.170. The first-order chi connectivity index (χ1) is 10.9. The van der Waals surface area contributed by atoms with Gasteiger partial charge in [-0.2, -0.15) is 23.8 Å². The Labute approximate surface area is 168 Å². The summed E-state index contributed by atoms with van der Waals surface area (Å²) >= 11 is 5.89. The van der Waals surface area contributed by atoms with Gasteiger partial charge in [-0.25, -0.2) is 13.2 Å². The van der Waals surface area contributed by atoms with Crippen LogP contribution in [-0.4, -0.2) is 24.5 Å². The molecule has 0 aromatic heterocycles. The molecule has 1 aliphatic heterocycles. The van der Waals surface area contributed by atoms with Gasteiger partial charge in [-0.05, 0) is 16.8 Å². The summed E-state index contributed by atoms with van der Waals surface area (Å²) in [7, 11) is 0. The molecule has 1 aliphatic rings. The Bertz CT molecular complexity index is 725. The molecule has 0 fully saturated rings. The number of hydrogen-bond donors (Lipinski definition) is 0. The second-order valence-electron chi connectivity index (χ2n) is 4.57. The molecule has 1 heterocycles. The second kappa shape index (κ2) is 9.31. The van der Waals surface area contributed by atoms with Gasteiger partial charge in [0.15, 0.2) is 0 Å². The Morgan fingerprint density at radius 2 is 2.12 bits per heavy atom. The van der Waals surface area contributed by atoms with E-state index >= 15 is 0 Å². The second-order valence-corrected chi connectivity index (χ2v) is 4.98. The summed E-state index contributed by atoms with van der Waals surface area (Å²) in [6.07, 6.45) is 6.50. The van der Waals surface area contributed by atoms with Crippen molar-refractivity contribution in [3.05, 3.63) is 59.0 Å². The van der Waals surface area contributed by atoms with E-state index in [2.05, 4.69) is 18.6 Å². The first-order valence-corrected chi connectivity index (χ1v) is 6.92. The fourth-order valence-electron chi connectivity index (χ4n) is 2.02. The summed E-state index contributed by atoms with van der Waals surface area (Å²) < 4.78 is 45.0. The maximum absolute atomic E-state index is 14.3. The number of benzene rings is 1. The molecule has 2 rings (SSSR count).